The average Bonchev–Trinajstić information content (AvgIpc) is 4.00. The van der Waals surface area contributed by atoms with Crippen molar-refractivity contribution >= 4 is 40.8 Å². The Kier molecular flexibility index (Phi) is 11.6. The third kappa shape index (κ3) is 9.38. The maximum Gasteiger partial charge on any atom is 0.387 e. The Morgan fingerprint density at radius 1 is 0.887 bits per heavy atom. The van der Waals surface area contributed by atoms with Crippen molar-refractivity contribution in [1.82, 2.24) is 4.90 Å². The molecule has 3 saturated heterocycles. The molecule has 4 aliphatic rings. The SMILES string of the molecule is O=C(O[C@@H](Cc1c(Cl)c[nH+]cc1Cl)c1ccc(OC(F)F)c(OCC2CC2)c1)c1cccc(NC(C(=O)O[C@H]2CN3CCC2CC3)c2ccccc2)c1. The fourth-order valence-corrected chi connectivity index (χ4v) is 7.43. The Morgan fingerprint density at radius 2 is 1.64 bits per heavy atom. The summed E-state index contributed by atoms with van der Waals surface area (Å²) in [7, 11) is 0. The fraction of sp³-hybridized carbons (Fsp3) is 0.375. The molecule has 0 spiro atoms. The van der Waals surface area contributed by atoms with Crippen molar-refractivity contribution in [2.45, 2.75) is 57.0 Å². The predicted octanol–water partition coefficient (Wildman–Crippen LogP) is 8.13. The van der Waals surface area contributed by atoms with Gasteiger partial charge < -0.3 is 24.3 Å². The number of benzene rings is 3. The van der Waals surface area contributed by atoms with E-state index in [-0.39, 0.29) is 29.6 Å². The number of aromatic amines is 1. The van der Waals surface area contributed by atoms with Gasteiger partial charge in [0.1, 0.15) is 22.3 Å². The zero-order valence-corrected chi connectivity index (χ0v) is 30.3. The Hall–Kier alpha value is -4.45. The Labute approximate surface area is 316 Å². The smallest absolute Gasteiger partial charge is 0.387 e. The number of rotatable bonds is 15. The zero-order valence-electron chi connectivity index (χ0n) is 28.8. The van der Waals surface area contributed by atoms with Crippen molar-refractivity contribution in [1.29, 1.82) is 0 Å². The third-order valence-corrected chi connectivity index (χ3v) is 10.7. The number of hydrogen-bond donors (Lipinski definition) is 1. The third-order valence-electron chi connectivity index (χ3n) is 10.0. The van der Waals surface area contributed by atoms with Crippen LogP contribution in [0.4, 0.5) is 14.5 Å². The lowest BCUT2D eigenvalue weighted by molar-refractivity contribution is -0.377. The number of aromatic nitrogens is 1. The number of nitrogens with zero attached hydrogens (tertiary/aromatic N) is 1. The molecule has 1 saturated carbocycles. The van der Waals surface area contributed by atoms with Gasteiger partial charge in [-0.05, 0) is 92.1 Å². The molecule has 1 aliphatic carbocycles. The van der Waals surface area contributed by atoms with Gasteiger partial charge in [0.05, 0.1) is 12.2 Å². The Bertz CT molecular complexity index is 1890. The zero-order chi connectivity index (χ0) is 36.9. The van der Waals surface area contributed by atoms with Gasteiger partial charge in [0.2, 0.25) is 0 Å². The second-order valence-corrected chi connectivity index (χ2v) is 14.6. The molecule has 3 atom stereocenters. The van der Waals surface area contributed by atoms with Gasteiger partial charge in [-0.2, -0.15) is 8.78 Å². The molecule has 3 aliphatic heterocycles. The van der Waals surface area contributed by atoms with Crippen LogP contribution in [0.25, 0.3) is 0 Å². The highest BCUT2D eigenvalue weighted by Gasteiger charge is 2.38. The number of anilines is 1. The van der Waals surface area contributed by atoms with E-state index in [9.17, 15) is 18.4 Å². The van der Waals surface area contributed by atoms with Gasteiger partial charge in [-0.25, -0.2) is 14.6 Å². The van der Waals surface area contributed by atoms with E-state index in [1.807, 2.05) is 30.3 Å². The van der Waals surface area contributed by atoms with E-state index in [1.54, 1.807) is 42.7 Å². The van der Waals surface area contributed by atoms with Gasteiger partial charge in [0.15, 0.2) is 29.9 Å². The van der Waals surface area contributed by atoms with E-state index in [0.29, 0.717) is 45.3 Å². The number of ether oxygens (including phenoxy) is 4. The lowest BCUT2D eigenvalue weighted by Gasteiger charge is -2.44. The first-order chi connectivity index (χ1) is 25.7. The van der Waals surface area contributed by atoms with E-state index in [0.717, 1.165) is 50.9 Å². The highest BCUT2D eigenvalue weighted by Crippen LogP contribution is 2.38. The molecule has 4 aromatic rings. The largest absolute Gasteiger partial charge is 0.489 e. The normalized spacial score (nSPS) is 20.4. The van der Waals surface area contributed by atoms with Gasteiger partial charge in [0.25, 0.3) is 0 Å². The number of alkyl halides is 2. The molecule has 0 amide bonds. The number of hydrogen-bond acceptors (Lipinski definition) is 8. The van der Waals surface area contributed by atoms with Crippen molar-refractivity contribution < 1.29 is 42.3 Å². The van der Waals surface area contributed by atoms with E-state index in [1.165, 1.54) is 12.1 Å². The number of esters is 2. The number of fused-ring (bicyclic) bond motifs is 3. The molecule has 0 radical (unpaired) electrons. The number of halogens is 4. The summed E-state index contributed by atoms with van der Waals surface area (Å²) in [4.78, 5) is 32.9. The molecule has 3 aromatic carbocycles. The van der Waals surface area contributed by atoms with E-state index < -0.39 is 30.7 Å². The molecular formula is C40H40Cl2F2N3O6+. The highest BCUT2D eigenvalue weighted by atomic mass is 35.5. The molecule has 13 heteroatoms. The lowest BCUT2D eigenvalue weighted by Crippen LogP contribution is -2.52. The standard InChI is InChI=1S/C40H39Cl2F2N3O6/c41-31-20-45-21-32(42)30(31)19-34(27-11-12-33(53-40(43)44)35(18-27)50-23-24-9-10-24)51-38(48)28-7-4-8-29(17-28)46-37(26-5-2-1-3-6-26)39(49)52-36-22-47-15-13-25(36)14-16-47/h1-8,11-12,17-18,20-21,24-25,34,36-37,40,46H,9-10,13-16,19,22-23H2/p+1/t34-,36-,37?/m0/s1. The van der Waals surface area contributed by atoms with Crippen LogP contribution >= 0.6 is 23.2 Å². The Morgan fingerprint density at radius 3 is 2.32 bits per heavy atom. The summed E-state index contributed by atoms with van der Waals surface area (Å²) in [5, 5.41) is 3.94. The van der Waals surface area contributed by atoms with Crippen molar-refractivity contribution in [3.8, 4) is 11.5 Å². The van der Waals surface area contributed by atoms with E-state index in [2.05, 4.69) is 15.2 Å². The molecule has 2 bridgehead atoms. The van der Waals surface area contributed by atoms with Crippen molar-refractivity contribution in [2.75, 3.05) is 31.6 Å². The van der Waals surface area contributed by atoms with E-state index >= 15 is 0 Å². The molecule has 53 heavy (non-hydrogen) atoms. The number of H-pyrrole nitrogens is 1. The minimum Gasteiger partial charge on any atom is -0.489 e. The molecule has 1 aromatic heterocycles. The quantitative estimate of drug-likeness (QED) is 0.121. The van der Waals surface area contributed by atoms with Gasteiger partial charge in [-0.3, -0.25) is 4.90 Å². The summed E-state index contributed by atoms with van der Waals surface area (Å²) in [5.41, 5.74) is 2.41. The van der Waals surface area contributed by atoms with E-state index in [4.69, 9.17) is 42.1 Å². The fourth-order valence-electron chi connectivity index (χ4n) is 6.89. The number of carbonyl (C=O) groups is 2. The summed E-state index contributed by atoms with van der Waals surface area (Å²) in [6, 6.07) is 19.6. The van der Waals surface area contributed by atoms with Crippen molar-refractivity contribution in [3.05, 3.63) is 117 Å². The number of pyridine rings is 1. The van der Waals surface area contributed by atoms with Crippen LogP contribution < -0.4 is 19.8 Å². The first-order valence-corrected chi connectivity index (χ1v) is 18.6. The first kappa shape index (κ1) is 36.9. The molecule has 1 unspecified atom stereocenters. The van der Waals surface area contributed by atoms with Gasteiger partial charge in [-0.15, -0.1) is 0 Å². The van der Waals surface area contributed by atoms with Gasteiger partial charge in [-0.1, -0.05) is 65.7 Å². The van der Waals surface area contributed by atoms with Crippen LogP contribution in [-0.2, 0) is 20.7 Å². The molecule has 4 fully saturated rings. The van der Waals surface area contributed by atoms with Crippen molar-refractivity contribution in [3.63, 3.8) is 0 Å². The number of piperidine rings is 3. The molecule has 4 heterocycles. The Balaban J connectivity index is 1.13. The monoisotopic (exact) mass is 766 g/mol. The second-order valence-electron chi connectivity index (χ2n) is 13.7. The van der Waals surface area contributed by atoms with Crippen LogP contribution in [0.3, 0.4) is 0 Å². The van der Waals surface area contributed by atoms with Gasteiger partial charge >= 0.3 is 18.6 Å². The molecule has 8 rings (SSSR count). The molecule has 9 nitrogen and oxygen atoms in total. The molecular weight excluding hydrogens is 727 g/mol. The van der Waals surface area contributed by atoms with Crippen LogP contribution in [0, 0.1) is 11.8 Å². The van der Waals surface area contributed by atoms with Gasteiger partial charge in [0, 0.05) is 24.2 Å². The van der Waals surface area contributed by atoms with Crippen LogP contribution in [0.1, 0.15) is 64.9 Å². The number of carbonyl (C=O) groups excluding carboxylic acids is 2. The topological polar surface area (TPSA) is 100 Å². The van der Waals surface area contributed by atoms with Crippen LogP contribution in [0.5, 0.6) is 11.5 Å². The summed E-state index contributed by atoms with van der Waals surface area (Å²) in [6.07, 6.45) is 6.06. The summed E-state index contributed by atoms with van der Waals surface area (Å²) in [5.74, 6) is -0.395. The number of nitrogens with one attached hydrogen (secondary N) is 2. The first-order valence-electron chi connectivity index (χ1n) is 17.8. The van der Waals surface area contributed by atoms with Crippen LogP contribution in [0.15, 0.2) is 85.2 Å². The summed E-state index contributed by atoms with van der Waals surface area (Å²) < 4.78 is 49.5. The maximum atomic E-state index is 13.9. The second kappa shape index (κ2) is 16.7. The summed E-state index contributed by atoms with van der Waals surface area (Å²) in [6.45, 7) is 0.0760. The molecule has 2 N–H and O–H groups in total. The predicted molar refractivity (Wildman–Crippen MR) is 194 cm³/mol. The maximum absolute atomic E-state index is 13.9. The minimum atomic E-state index is -3.06. The minimum absolute atomic E-state index is 0.0641. The average molecular weight is 768 g/mol. The van der Waals surface area contributed by atoms with Crippen LogP contribution in [0.2, 0.25) is 10.0 Å². The van der Waals surface area contributed by atoms with Crippen LogP contribution in [-0.4, -0.2) is 55.8 Å². The molecule has 278 valence electrons. The summed E-state index contributed by atoms with van der Waals surface area (Å²) >= 11 is 13.0. The lowest BCUT2D eigenvalue weighted by atomic mass is 9.86. The van der Waals surface area contributed by atoms with Crippen molar-refractivity contribution in [2.24, 2.45) is 11.8 Å². The highest BCUT2D eigenvalue weighted by molar-refractivity contribution is 6.35.